The van der Waals surface area contributed by atoms with Gasteiger partial charge in [0.15, 0.2) is 0 Å². The van der Waals surface area contributed by atoms with Gasteiger partial charge in [0.2, 0.25) is 0 Å². The van der Waals surface area contributed by atoms with Gasteiger partial charge in [-0.25, -0.2) is 0 Å². The maximum absolute atomic E-state index is 5.79. The molecule has 1 aromatic carbocycles. The number of aryl methyl sites for hydroxylation is 1. The molecular formula is C12H20N2. The summed E-state index contributed by atoms with van der Waals surface area (Å²) < 4.78 is 0. The van der Waals surface area contributed by atoms with E-state index in [-0.39, 0.29) is 6.04 Å². The van der Waals surface area contributed by atoms with E-state index in [4.69, 9.17) is 5.73 Å². The van der Waals surface area contributed by atoms with Crippen molar-refractivity contribution in [1.29, 1.82) is 0 Å². The van der Waals surface area contributed by atoms with Crippen molar-refractivity contribution in [3.05, 3.63) is 29.8 Å². The van der Waals surface area contributed by atoms with E-state index in [1.54, 1.807) is 0 Å². The summed E-state index contributed by atoms with van der Waals surface area (Å²) in [6.07, 6.45) is 0. The number of rotatable bonds is 4. The summed E-state index contributed by atoms with van der Waals surface area (Å²) >= 11 is 0. The van der Waals surface area contributed by atoms with E-state index in [0.29, 0.717) is 0 Å². The lowest BCUT2D eigenvalue weighted by atomic mass is 10.2. The molecule has 1 atom stereocenters. The first kappa shape index (κ1) is 11.1. The first-order valence-electron chi connectivity index (χ1n) is 5.20. The van der Waals surface area contributed by atoms with E-state index in [1.165, 1.54) is 11.3 Å². The Hall–Kier alpha value is -1.02. The number of benzene rings is 1. The minimum absolute atomic E-state index is 0.219. The zero-order chi connectivity index (χ0) is 10.6. The third kappa shape index (κ3) is 3.04. The van der Waals surface area contributed by atoms with E-state index in [2.05, 4.69) is 43.0 Å². The molecule has 0 fully saturated rings. The molecule has 0 aliphatic carbocycles. The summed E-state index contributed by atoms with van der Waals surface area (Å²) in [7, 11) is 0. The van der Waals surface area contributed by atoms with Crippen molar-refractivity contribution in [3.63, 3.8) is 0 Å². The van der Waals surface area contributed by atoms with Gasteiger partial charge in [0, 0.05) is 24.8 Å². The lowest BCUT2D eigenvalue weighted by Crippen LogP contribution is -2.35. The van der Waals surface area contributed by atoms with E-state index in [9.17, 15) is 0 Å². The van der Waals surface area contributed by atoms with Gasteiger partial charge in [-0.15, -0.1) is 0 Å². The van der Waals surface area contributed by atoms with Crippen LogP contribution >= 0.6 is 0 Å². The van der Waals surface area contributed by atoms with Crippen LogP contribution in [0.5, 0.6) is 0 Å². The maximum atomic E-state index is 5.79. The number of nitrogens with zero attached hydrogens (tertiary/aromatic N) is 1. The highest BCUT2D eigenvalue weighted by Gasteiger charge is 2.05. The molecule has 14 heavy (non-hydrogen) atoms. The van der Waals surface area contributed by atoms with E-state index in [0.717, 1.165) is 13.1 Å². The molecule has 0 aliphatic heterocycles. The Morgan fingerprint density at radius 2 is 1.86 bits per heavy atom. The van der Waals surface area contributed by atoms with Crippen LogP contribution in [0.4, 0.5) is 5.69 Å². The largest absolute Gasteiger partial charge is 0.370 e. The molecule has 0 bridgehead atoms. The molecule has 0 saturated carbocycles. The zero-order valence-electron chi connectivity index (χ0n) is 9.33. The van der Waals surface area contributed by atoms with Gasteiger partial charge in [-0.05, 0) is 32.9 Å². The fourth-order valence-electron chi connectivity index (χ4n) is 1.52. The van der Waals surface area contributed by atoms with Gasteiger partial charge < -0.3 is 10.6 Å². The molecule has 2 nitrogen and oxygen atoms in total. The number of likely N-dealkylation sites (N-methyl/N-ethyl adjacent to an activating group) is 1. The summed E-state index contributed by atoms with van der Waals surface area (Å²) in [5, 5.41) is 0. The first-order valence-corrected chi connectivity index (χ1v) is 5.20. The SMILES string of the molecule is CCN(CC(C)N)c1ccc(C)cc1. The van der Waals surface area contributed by atoms with Gasteiger partial charge in [0.05, 0.1) is 0 Å². The highest BCUT2D eigenvalue weighted by Crippen LogP contribution is 2.14. The smallest absolute Gasteiger partial charge is 0.0366 e. The van der Waals surface area contributed by atoms with Crippen LogP contribution in [-0.4, -0.2) is 19.1 Å². The van der Waals surface area contributed by atoms with Gasteiger partial charge in [-0.3, -0.25) is 0 Å². The van der Waals surface area contributed by atoms with Crippen LogP contribution in [0.2, 0.25) is 0 Å². The summed E-state index contributed by atoms with van der Waals surface area (Å²) in [5.74, 6) is 0. The second-order valence-electron chi connectivity index (χ2n) is 3.85. The number of hydrogen-bond donors (Lipinski definition) is 1. The Kier molecular flexibility index (Phi) is 3.96. The average Bonchev–Trinajstić information content (AvgIpc) is 2.15. The molecule has 0 heterocycles. The minimum atomic E-state index is 0.219. The fraction of sp³-hybridized carbons (Fsp3) is 0.500. The molecule has 2 N–H and O–H groups in total. The molecule has 1 unspecified atom stereocenters. The van der Waals surface area contributed by atoms with Crippen LogP contribution < -0.4 is 10.6 Å². The van der Waals surface area contributed by atoms with Crippen LogP contribution in [0.25, 0.3) is 0 Å². The molecule has 0 amide bonds. The summed E-state index contributed by atoms with van der Waals surface area (Å²) in [4.78, 5) is 2.30. The average molecular weight is 192 g/mol. The van der Waals surface area contributed by atoms with E-state index < -0.39 is 0 Å². The fourth-order valence-corrected chi connectivity index (χ4v) is 1.52. The second kappa shape index (κ2) is 5.01. The van der Waals surface area contributed by atoms with Gasteiger partial charge in [0.25, 0.3) is 0 Å². The van der Waals surface area contributed by atoms with Crippen molar-refractivity contribution in [2.24, 2.45) is 5.73 Å². The predicted molar refractivity (Wildman–Crippen MR) is 62.7 cm³/mol. The van der Waals surface area contributed by atoms with Gasteiger partial charge >= 0.3 is 0 Å². The molecule has 0 saturated heterocycles. The molecule has 0 aliphatic rings. The van der Waals surface area contributed by atoms with E-state index in [1.807, 2.05) is 6.92 Å². The van der Waals surface area contributed by atoms with Crippen molar-refractivity contribution >= 4 is 5.69 Å². The third-order valence-electron chi connectivity index (χ3n) is 2.29. The Bertz CT molecular complexity index is 264. The minimum Gasteiger partial charge on any atom is -0.370 e. The van der Waals surface area contributed by atoms with Crippen LogP contribution in [0.1, 0.15) is 19.4 Å². The number of hydrogen-bond acceptors (Lipinski definition) is 2. The van der Waals surface area contributed by atoms with Crippen molar-refractivity contribution in [2.45, 2.75) is 26.8 Å². The number of anilines is 1. The van der Waals surface area contributed by atoms with Crippen molar-refractivity contribution in [3.8, 4) is 0 Å². The Morgan fingerprint density at radius 3 is 2.29 bits per heavy atom. The Balaban J connectivity index is 2.73. The van der Waals surface area contributed by atoms with E-state index >= 15 is 0 Å². The molecule has 0 spiro atoms. The monoisotopic (exact) mass is 192 g/mol. The quantitative estimate of drug-likeness (QED) is 0.792. The predicted octanol–water partition coefficient (Wildman–Crippen LogP) is 2.17. The number of nitrogens with two attached hydrogens (primary N) is 1. The van der Waals surface area contributed by atoms with Crippen LogP contribution in [0.15, 0.2) is 24.3 Å². The van der Waals surface area contributed by atoms with Gasteiger partial charge in [0.1, 0.15) is 0 Å². The zero-order valence-corrected chi connectivity index (χ0v) is 9.33. The van der Waals surface area contributed by atoms with Crippen LogP contribution in [0.3, 0.4) is 0 Å². The molecule has 0 radical (unpaired) electrons. The van der Waals surface area contributed by atoms with Gasteiger partial charge in [-0.1, -0.05) is 17.7 Å². The van der Waals surface area contributed by atoms with Crippen molar-refractivity contribution < 1.29 is 0 Å². The molecule has 1 aromatic rings. The second-order valence-corrected chi connectivity index (χ2v) is 3.85. The normalized spacial score (nSPS) is 12.6. The maximum Gasteiger partial charge on any atom is 0.0366 e. The Morgan fingerprint density at radius 1 is 1.29 bits per heavy atom. The van der Waals surface area contributed by atoms with Gasteiger partial charge in [-0.2, -0.15) is 0 Å². The lowest BCUT2D eigenvalue weighted by Gasteiger charge is -2.25. The van der Waals surface area contributed by atoms with Crippen molar-refractivity contribution in [1.82, 2.24) is 0 Å². The highest BCUT2D eigenvalue weighted by atomic mass is 15.1. The lowest BCUT2D eigenvalue weighted by molar-refractivity contribution is 0.689. The molecular weight excluding hydrogens is 172 g/mol. The summed E-state index contributed by atoms with van der Waals surface area (Å²) in [6.45, 7) is 8.22. The molecule has 1 rings (SSSR count). The Labute approximate surface area is 86.7 Å². The third-order valence-corrected chi connectivity index (χ3v) is 2.29. The molecule has 2 heteroatoms. The topological polar surface area (TPSA) is 29.3 Å². The van der Waals surface area contributed by atoms with Crippen LogP contribution in [-0.2, 0) is 0 Å². The molecule has 78 valence electrons. The van der Waals surface area contributed by atoms with Crippen LogP contribution in [0, 0.1) is 6.92 Å². The molecule has 0 aromatic heterocycles. The highest BCUT2D eigenvalue weighted by molar-refractivity contribution is 5.47. The van der Waals surface area contributed by atoms with Crippen molar-refractivity contribution in [2.75, 3.05) is 18.0 Å². The standard InChI is InChI=1S/C12H20N2/c1-4-14(9-11(3)13)12-7-5-10(2)6-8-12/h5-8,11H,4,9,13H2,1-3H3. The summed E-state index contributed by atoms with van der Waals surface area (Å²) in [6, 6.07) is 8.80. The first-order chi connectivity index (χ1) is 6.63. The summed E-state index contributed by atoms with van der Waals surface area (Å²) in [5.41, 5.74) is 8.35.